The SMILES string of the molecule is CC.CC.CC.CCC.Cc1ccccc1-c1cc(CN2CC(C)CC2COc2ccccc2)ccc1C(=O)NC(CCS(C)(=O)=O)C(=O)O. The lowest BCUT2D eigenvalue weighted by atomic mass is 9.93. The van der Waals surface area contributed by atoms with Crippen LogP contribution in [0.1, 0.15) is 103 Å². The van der Waals surface area contributed by atoms with E-state index in [4.69, 9.17) is 4.74 Å². The number of aryl methyl sites for hydroxylation is 1. The van der Waals surface area contributed by atoms with Gasteiger partial charge in [-0.2, -0.15) is 0 Å². The van der Waals surface area contributed by atoms with Crippen molar-refractivity contribution >= 4 is 21.7 Å². The minimum atomic E-state index is -3.38. The fourth-order valence-corrected chi connectivity index (χ4v) is 6.02. The van der Waals surface area contributed by atoms with Gasteiger partial charge in [0.1, 0.15) is 28.2 Å². The Kier molecular flexibility index (Phi) is 23.4. The number of sulfone groups is 1. The molecule has 0 bridgehead atoms. The summed E-state index contributed by atoms with van der Waals surface area (Å²) in [5, 5.41) is 12.2. The summed E-state index contributed by atoms with van der Waals surface area (Å²) in [5.74, 6) is -0.791. The van der Waals surface area contributed by atoms with E-state index in [-0.39, 0.29) is 18.2 Å². The summed E-state index contributed by atoms with van der Waals surface area (Å²) < 4.78 is 29.3. The molecule has 1 aliphatic rings. The highest BCUT2D eigenvalue weighted by Gasteiger charge is 2.31. The number of carbonyl (C=O) groups excluding carboxylic acids is 1. The molecule has 0 spiro atoms. The first-order valence-corrected chi connectivity index (χ1v) is 20.3. The Balaban J connectivity index is 0.00000245. The van der Waals surface area contributed by atoms with Gasteiger partial charge in [0.2, 0.25) is 0 Å². The quantitative estimate of drug-likeness (QED) is 0.193. The third kappa shape index (κ3) is 16.3. The van der Waals surface area contributed by atoms with E-state index in [0.29, 0.717) is 30.2 Å². The molecule has 3 unspecified atom stereocenters. The molecule has 1 aliphatic heterocycles. The number of carbonyl (C=O) groups is 2. The Morgan fingerprint density at radius 2 is 1.50 bits per heavy atom. The third-order valence-corrected chi connectivity index (χ3v) is 8.43. The molecule has 280 valence electrons. The van der Waals surface area contributed by atoms with Crippen molar-refractivity contribution < 1.29 is 27.9 Å². The van der Waals surface area contributed by atoms with Gasteiger partial charge < -0.3 is 15.2 Å². The van der Waals surface area contributed by atoms with Crippen molar-refractivity contribution in [2.45, 2.75) is 107 Å². The van der Waals surface area contributed by atoms with E-state index in [1.54, 1.807) is 6.07 Å². The summed E-state index contributed by atoms with van der Waals surface area (Å²) in [6, 6.07) is 22.1. The molecule has 9 heteroatoms. The molecule has 0 saturated carbocycles. The van der Waals surface area contributed by atoms with Crippen LogP contribution in [0.25, 0.3) is 11.1 Å². The maximum atomic E-state index is 13.4. The molecule has 3 aromatic rings. The third-order valence-electron chi connectivity index (χ3n) is 7.45. The van der Waals surface area contributed by atoms with Crippen LogP contribution in [0.3, 0.4) is 0 Å². The summed E-state index contributed by atoms with van der Waals surface area (Å²) >= 11 is 0. The maximum Gasteiger partial charge on any atom is 0.326 e. The van der Waals surface area contributed by atoms with Gasteiger partial charge in [-0.1, -0.05) is 117 Å². The molecule has 4 rings (SSSR count). The molecule has 3 aromatic carbocycles. The molecule has 50 heavy (non-hydrogen) atoms. The van der Waals surface area contributed by atoms with Gasteiger partial charge in [0, 0.05) is 31.0 Å². The summed E-state index contributed by atoms with van der Waals surface area (Å²) in [5.41, 5.74) is 3.93. The number of nitrogens with zero attached hydrogens (tertiary/aromatic N) is 1. The molecule has 1 heterocycles. The minimum Gasteiger partial charge on any atom is -0.492 e. The average molecular weight is 713 g/mol. The smallest absolute Gasteiger partial charge is 0.326 e. The van der Waals surface area contributed by atoms with E-state index in [2.05, 4.69) is 31.0 Å². The van der Waals surface area contributed by atoms with Gasteiger partial charge in [-0.05, 0) is 72.2 Å². The number of aliphatic carboxylic acids is 1. The Hall–Kier alpha value is -3.69. The first kappa shape index (κ1) is 46.3. The van der Waals surface area contributed by atoms with E-state index in [1.807, 2.05) is 115 Å². The summed E-state index contributed by atoms with van der Waals surface area (Å²) in [6.07, 6.45) is 3.11. The molecule has 0 aliphatic carbocycles. The molecule has 1 saturated heterocycles. The summed E-state index contributed by atoms with van der Waals surface area (Å²) in [7, 11) is -3.38. The Morgan fingerprint density at radius 1 is 0.920 bits per heavy atom. The molecule has 3 atom stereocenters. The van der Waals surface area contributed by atoms with Gasteiger partial charge in [-0.25, -0.2) is 13.2 Å². The fourth-order valence-electron chi connectivity index (χ4n) is 5.36. The van der Waals surface area contributed by atoms with Crippen LogP contribution in [0.4, 0.5) is 0 Å². The number of hydrogen-bond donors (Lipinski definition) is 2. The van der Waals surface area contributed by atoms with Crippen LogP contribution >= 0.6 is 0 Å². The zero-order valence-corrected chi connectivity index (χ0v) is 33.3. The second-order valence-corrected chi connectivity index (χ2v) is 14.0. The standard InChI is InChI=1S/C32H38N2O6S.C3H8.3C2H6/c1-22-17-25(21-40-26-10-5-4-6-11-26)34(19-22)20-24-13-14-28(29(18-24)27-12-8-7-9-23(27)2)31(35)33-30(32(36)37)15-16-41(3,38)39;1-3-2;3*1-2/h4-14,18,22,25,30H,15-17,19-21H2,1-3H3,(H,33,35)(H,36,37);3H2,1-2H3;3*1-2H3. The monoisotopic (exact) mass is 712 g/mol. The first-order valence-electron chi connectivity index (χ1n) is 18.2. The van der Waals surface area contributed by atoms with Crippen molar-refractivity contribution in [3.63, 3.8) is 0 Å². The number of rotatable bonds is 12. The van der Waals surface area contributed by atoms with Crippen molar-refractivity contribution in [3.05, 3.63) is 89.5 Å². The number of ether oxygens (including phenoxy) is 1. The van der Waals surface area contributed by atoms with Crippen molar-refractivity contribution in [2.24, 2.45) is 5.92 Å². The van der Waals surface area contributed by atoms with E-state index < -0.39 is 27.8 Å². The molecule has 8 nitrogen and oxygen atoms in total. The second kappa shape index (κ2) is 25.3. The lowest BCUT2D eigenvalue weighted by Crippen LogP contribution is -2.42. The Morgan fingerprint density at radius 3 is 2.06 bits per heavy atom. The van der Waals surface area contributed by atoms with Crippen LogP contribution in [-0.4, -0.2) is 67.5 Å². The van der Waals surface area contributed by atoms with Crippen LogP contribution in [0.5, 0.6) is 5.75 Å². The highest BCUT2D eigenvalue weighted by atomic mass is 32.2. The van der Waals surface area contributed by atoms with Crippen LogP contribution in [0, 0.1) is 12.8 Å². The molecule has 0 radical (unpaired) electrons. The molecular weight excluding hydrogens is 649 g/mol. The molecule has 2 N–H and O–H groups in total. The van der Waals surface area contributed by atoms with Gasteiger partial charge >= 0.3 is 5.97 Å². The highest BCUT2D eigenvalue weighted by Crippen LogP contribution is 2.31. The van der Waals surface area contributed by atoms with Gasteiger partial charge in [0.05, 0.1) is 5.75 Å². The maximum absolute atomic E-state index is 13.4. The number of amides is 1. The van der Waals surface area contributed by atoms with E-state index in [0.717, 1.165) is 41.7 Å². The molecule has 1 amide bonds. The second-order valence-electron chi connectivity index (χ2n) is 11.7. The predicted molar refractivity (Wildman–Crippen MR) is 210 cm³/mol. The van der Waals surface area contributed by atoms with E-state index in [9.17, 15) is 23.1 Å². The number of para-hydroxylation sites is 1. The molecule has 1 fully saturated rings. The number of nitrogens with one attached hydrogen (secondary N) is 1. The number of carboxylic acid groups (broad SMARTS) is 1. The van der Waals surface area contributed by atoms with E-state index in [1.165, 1.54) is 6.42 Å². The van der Waals surface area contributed by atoms with Crippen LogP contribution in [0.2, 0.25) is 0 Å². The number of benzene rings is 3. The van der Waals surface area contributed by atoms with Crippen LogP contribution in [0.15, 0.2) is 72.8 Å². The zero-order valence-electron chi connectivity index (χ0n) is 32.5. The molecule has 0 aromatic heterocycles. The lowest BCUT2D eigenvalue weighted by Gasteiger charge is -2.25. The topological polar surface area (TPSA) is 113 Å². The predicted octanol–water partition coefficient (Wildman–Crippen LogP) is 9.06. The minimum absolute atomic E-state index is 0.211. The van der Waals surface area contributed by atoms with E-state index >= 15 is 0 Å². The number of hydrogen-bond acceptors (Lipinski definition) is 6. The Labute approximate surface area is 303 Å². The van der Waals surface area contributed by atoms with Crippen LogP contribution in [-0.2, 0) is 21.2 Å². The van der Waals surface area contributed by atoms with Crippen molar-refractivity contribution in [1.82, 2.24) is 10.2 Å². The fraction of sp³-hybridized carbons (Fsp3) is 0.512. The normalized spacial score (nSPS) is 15.6. The van der Waals surface area contributed by atoms with Crippen molar-refractivity contribution in [2.75, 3.05) is 25.2 Å². The van der Waals surface area contributed by atoms with Gasteiger partial charge in [-0.3, -0.25) is 9.69 Å². The summed E-state index contributed by atoms with van der Waals surface area (Å²) in [6.45, 7) is 22.7. The largest absolute Gasteiger partial charge is 0.492 e. The molecular formula is C41H64N2O6S. The van der Waals surface area contributed by atoms with Crippen molar-refractivity contribution in [3.8, 4) is 16.9 Å². The van der Waals surface area contributed by atoms with Crippen LogP contribution < -0.4 is 10.1 Å². The highest BCUT2D eigenvalue weighted by molar-refractivity contribution is 7.90. The Bertz CT molecular complexity index is 1490. The first-order chi connectivity index (χ1) is 23.9. The average Bonchev–Trinajstić information content (AvgIpc) is 3.46. The van der Waals surface area contributed by atoms with Crippen molar-refractivity contribution in [1.29, 1.82) is 0 Å². The van der Waals surface area contributed by atoms with Gasteiger partial charge in [-0.15, -0.1) is 0 Å². The zero-order chi connectivity index (χ0) is 38.3. The lowest BCUT2D eigenvalue weighted by molar-refractivity contribution is -0.139. The number of likely N-dealkylation sites (tertiary alicyclic amines) is 1. The van der Waals surface area contributed by atoms with Gasteiger partial charge in [0.25, 0.3) is 5.91 Å². The van der Waals surface area contributed by atoms with Gasteiger partial charge in [0.15, 0.2) is 0 Å². The number of carboxylic acids is 1. The summed E-state index contributed by atoms with van der Waals surface area (Å²) in [4.78, 5) is 27.6.